The molecule has 0 bridgehead atoms. The summed E-state index contributed by atoms with van der Waals surface area (Å²) >= 11 is 3.32. The standard InChI is InChI=1S/C17H19BrN2O4S/c1-12(17(21)19-14-6-4-13(18)5-7-14)20(25(3,22)23)15-8-10-16(24-2)11-9-15/h4-12H,1-3H3,(H,19,21)/t12-/m1/s1. The molecule has 0 aliphatic rings. The van der Waals surface area contributed by atoms with Crippen molar-refractivity contribution in [2.75, 3.05) is 23.0 Å². The molecule has 8 heteroatoms. The van der Waals surface area contributed by atoms with Crippen LogP contribution in [0.3, 0.4) is 0 Å². The van der Waals surface area contributed by atoms with Crippen LogP contribution < -0.4 is 14.4 Å². The predicted molar refractivity (Wildman–Crippen MR) is 103 cm³/mol. The lowest BCUT2D eigenvalue weighted by molar-refractivity contribution is -0.116. The summed E-state index contributed by atoms with van der Waals surface area (Å²) in [5.41, 5.74) is 0.977. The molecule has 1 amide bonds. The third-order valence-corrected chi connectivity index (χ3v) is 5.30. The quantitative estimate of drug-likeness (QED) is 0.768. The van der Waals surface area contributed by atoms with Gasteiger partial charge in [-0.2, -0.15) is 0 Å². The predicted octanol–water partition coefficient (Wildman–Crippen LogP) is 3.25. The van der Waals surface area contributed by atoms with Crippen molar-refractivity contribution < 1.29 is 17.9 Å². The lowest BCUT2D eigenvalue weighted by atomic mass is 10.2. The minimum Gasteiger partial charge on any atom is -0.497 e. The van der Waals surface area contributed by atoms with Gasteiger partial charge in [0, 0.05) is 10.2 Å². The van der Waals surface area contributed by atoms with E-state index >= 15 is 0 Å². The molecule has 1 N–H and O–H groups in total. The highest BCUT2D eigenvalue weighted by molar-refractivity contribution is 9.10. The summed E-state index contributed by atoms with van der Waals surface area (Å²) in [5.74, 6) is 0.174. The van der Waals surface area contributed by atoms with Gasteiger partial charge < -0.3 is 10.1 Å². The summed E-state index contributed by atoms with van der Waals surface area (Å²) in [6.45, 7) is 1.54. The number of methoxy groups -OCH3 is 1. The molecule has 0 aliphatic heterocycles. The fourth-order valence-corrected chi connectivity index (χ4v) is 3.76. The Balaban J connectivity index is 2.27. The zero-order valence-electron chi connectivity index (χ0n) is 14.1. The zero-order valence-corrected chi connectivity index (χ0v) is 16.5. The molecule has 0 spiro atoms. The van der Waals surface area contributed by atoms with Crippen molar-refractivity contribution in [2.24, 2.45) is 0 Å². The summed E-state index contributed by atoms with van der Waals surface area (Å²) in [5, 5.41) is 2.72. The number of carbonyl (C=O) groups is 1. The van der Waals surface area contributed by atoms with Crippen LogP contribution >= 0.6 is 15.9 Å². The second-order valence-corrected chi connectivity index (χ2v) is 8.20. The molecule has 1 atom stereocenters. The number of benzene rings is 2. The van der Waals surface area contributed by atoms with E-state index in [1.807, 2.05) is 0 Å². The molecule has 0 heterocycles. The molecule has 134 valence electrons. The maximum absolute atomic E-state index is 12.5. The van der Waals surface area contributed by atoms with Crippen LogP contribution in [0.25, 0.3) is 0 Å². The van der Waals surface area contributed by atoms with Gasteiger partial charge in [-0.3, -0.25) is 9.10 Å². The Hall–Kier alpha value is -2.06. The van der Waals surface area contributed by atoms with E-state index in [-0.39, 0.29) is 0 Å². The molecule has 2 rings (SSSR count). The van der Waals surface area contributed by atoms with Gasteiger partial charge in [0.15, 0.2) is 0 Å². The summed E-state index contributed by atoms with van der Waals surface area (Å²) in [6.07, 6.45) is 1.07. The van der Waals surface area contributed by atoms with E-state index in [0.717, 1.165) is 15.0 Å². The van der Waals surface area contributed by atoms with Crippen molar-refractivity contribution in [1.29, 1.82) is 0 Å². The largest absolute Gasteiger partial charge is 0.497 e. The number of hydrogen-bond donors (Lipinski definition) is 1. The van der Waals surface area contributed by atoms with Crippen LogP contribution in [-0.4, -0.2) is 33.7 Å². The number of anilines is 2. The van der Waals surface area contributed by atoms with E-state index in [1.165, 1.54) is 7.11 Å². The highest BCUT2D eigenvalue weighted by Crippen LogP contribution is 2.24. The number of hydrogen-bond acceptors (Lipinski definition) is 4. The Morgan fingerprint density at radius 2 is 1.68 bits per heavy atom. The molecule has 0 aliphatic carbocycles. The SMILES string of the molecule is COc1ccc(N([C@H](C)C(=O)Nc2ccc(Br)cc2)S(C)(=O)=O)cc1. The summed E-state index contributed by atoms with van der Waals surface area (Å²) in [7, 11) is -2.13. The maximum atomic E-state index is 12.5. The van der Waals surface area contributed by atoms with Crippen molar-refractivity contribution in [3.05, 3.63) is 53.0 Å². The van der Waals surface area contributed by atoms with Gasteiger partial charge in [-0.25, -0.2) is 8.42 Å². The van der Waals surface area contributed by atoms with Crippen molar-refractivity contribution in [3.63, 3.8) is 0 Å². The molecular formula is C17H19BrN2O4S. The number of rotatable bonds is 6. The first-order chi connectivity index (χ1) is 11.7. The maximum Gasteiger partial charge on any atom is 0.247 e. The lowest BCUT2D eigenvalue weighted by Gasteiger charge is -2.28. The van der Waals surface area contributed by atoms with Crippen LogP contribution in [0.5, 0.6) is 5.75 Å². The normalized spacial score (nSPS) is 12.3. The van der Waals surface area contributed by atoms with Gasteiger partial charge >= 0.3 is 0 Å². The number of ether oxygens (including phenoxy) is 1. The average Bonchev–Trinajstić information content (AvgIpc) is 2.56. The fourth-order valence-electron chi connectivity index (χ4n) is 2.32. The monoisotopic (exact) mass is 426 g/mol. The van der Waals surface area contributed by atoms with Crippen molar-refractivity contribution in [3.8, 4) is 5.75 Å². The van der Waals surface area contributed by atoms with Crippen LogP contribution in [0, 0.1) is 0 Å². The van der Waals surface area contributed by atoms with Gasteiger partial charge in [-0.15, -0.1) is 0 Å². The van der Waals surface area contributed by atoms with Crippen LogP contribution in [0.15, 0.2) is 53.0 Å². The molecule has 25 heavy (non-hydrogen) atoms. The van der Waals surface area contributed by atoms with Crippen LogP contribution in [-0.2, 0) is 14.8 Å². The van der Waals surface area contributed by atoms with Crippen molar-refractivity contribution in [2.45, 2.75) is 13.0 Å². The smallest absolute Gasteiger partial charge is 0.247 e. The zero-order chi connectivity index (χ0) is 18.6. The van der Waals surface area contributed by atoms with Gasteiger partial charge in [0.25, 0.3) is 0 Å². The highest BCUT2D eigenvalue weighted by atomic mass is 79.9. The summed E-state index contributed by atoms with van der Waals surface area (Å²) in [6, 6.07) is 12.6. The minimum absolute atomic E-state index is 0.391. The first kappa shape index (κ1) is 19.3. The Kier molecular flexibility index (Phi) is 6.07. The number of halogens is 1. The topological polar surface area (TPSA) is 75.7 Å². The van der Waals surface area contributed by atoms with Crippen LogP contribution in [0.4, 0.5) is 11.4 Å². The van der Waals surface area contributed by atoms with E-state index in [0.29, 0.717) is 17.1 Å². The van der Waals surface area contributed by atoms with Crippen LogP contribution in [0.2, 0.25) is 0 Å². The first-order valence-corrected chi connectivity index (χ1v) is 10.1. The molecule has 0 fully saturated rings. The molecular weight excluding hydrogens is 408 g/mol. The van der Waals surface area contributed by atoms with E-state index in [4.69, 9.17) is 4.74 Å². The molecule has 6 nitrogen and oxygen atoms in total. The minimum atomic E-state index is -3.66. The van der Waals surface area contributed by atoms with Crippen molar-refractivity contribution >= 4 is 43.2 Å². The molecule has 0 radical (unpaired) electrons. The molecule has 0 saturated heterocycles. The number of amides is 1. The van der Waals surface area contributed by atoms with Gasteiger partial charge in [-0.05, 0) is 55.5 Å². The number of nitrogens with zero attached hydrogens (tertiary/aromatic N) is 1. The van der Waals surface area contributed by atoms with E-state index in [9.17, 15) is 13.2 Å². The van der Waals surface area contributed by atoms with Gasteiger partial charge in [-0.1, -0.05) is 15.9 Å². The molecule has 0 unspecified atom stereocenters. The third-order valence-electron chi connectivity index (χ3n) is 3.53. The lowest BCUT2D eigenvalue weighted by Crippen LogP contribution is -2.45. The van der Waals surface area contributed by atoms with Gasteiger partial charge in [0.05, 0.1) is 19.1 Å². The van der Waals surface area contributed by atoms with Crippen LogP contribution in [0.1, 0.15) is 6.92 Å². The summed E-state index contributed by atoms with van der Waals surface area (Å²) < 4.78 is 31.5. The molecule has 0 aromatic heterocycles. The second-order valence-electron chi connectivity index (χ2n) is 5.43. The van der Waals surface area contributed by atoms with E-state index < -0.39 is 22.0 Å². The summed E-state index contributed by atoms with van der Waals surface area (Å²) in [4.78, 5) is 12.5. The number of carbonyl (C=O) groups excluding carboxylic acids is 1. The molecule has 2 aromatic rings. The molecule has 0 saturated carbocycles. The van der Waals surface area contributed by atoms with E-state index in [1.54, 1.807) is 55.5 Å². The Bertz CT molecular complexity index is 836. The Morgan fingerprint density at radius 3 is 2.16 bits per heavy atom. The third kappa shape index (κ3) is 4.96. The highest BCUT2D eigenvalue weighted by Gasteiger charge is 2.29. The van der Waals surface area contributed by atoms with Gasteiger partial charge in [0.1, 0.15) is 11.8 Å². The second kappa shape index (κ2) is 7.88. The van der Waals surface area contributed by atoms with Crippen molar-refractivity contribution in [1.82, 2.24) is 0 Å². The average molecular weight is 427 g/mol. The number of nitrogens with one attached hydrogen (secondary N) is 1. The van der Waals surface area contributed by atoms with Gasteiger partial charge in [0.2, 0.25) is 15.9 Å². The fraction of sp³-hybridized carbons (Fsp3) is 0.235. The first-order valence-electron chi connectivity index (χ1n) is 7.42. The van der Waals surface area contributed by atoms with E-state index in [2.05, 4.69) is 21.2 Å². The Labute approximate surface area is 156 Å². The number of sulfonamides is 1. The Morgan fingerprint density at radius 1 is 1.12 bits per heavy atom. The molecule has 2 aromatic carbocycles.